The van der Waals surface area contributed by atoms with Gasteiger partial charge in [-0.3, -0.25) is 4.79 Å². The molecule has 138 valence electrons. The van der Waals surface area contributed by atoms with Gasteiger partial charge in [0.2, 0.25) is 5.91 Å². The van der Waals surface area contributed by atoms with Crippen molar-refractivity contribution in [3.63, 3.8) is 0 Å². The fraction of sp³-hybridized carbons (Fsp3) is 0.375. The molecule has 1 atom stereocenters. The van der Waals surface area contributed by atoms with Gasteiger partial charge in [0, 0.05) is 30.9 Å². The Kier molecular flexibility index (Phi) is 4.04. The molecule has 1 aliphatic carbocycles. The van der Waals surface area contributed by atoms with Crippen molar-refractivity contribution in [1.29, 1.82) is 0 Å². The van der Waals surface area contributed by atoms with Crippen LogP contribution in [0.3, 0.4) is 0 Å². The van der Waals surface area contributed by atoms with Gasteiger partial charge in [-0.05, 0) is 59.6 Å². The zero-order chi connectivity index (χ0) is 18.4. The largest absolute Gasteiger partial charge is 0.374 e. The average Bonchev–Trinajstić information content (AvgIpc) is 3.27. The van der Waals surface area contributed by atoms with Crippen LogP contribution in [0.2, 0.25) is 0 Å². The van der Waals surface area contributed by atoms with Crippen LogP contribution in [-0.4, -0.2) is 23.9 Å². The minimum Gasteiger partial charge on any atom is -0.374 e. The Balaban J connectivity index is 1.27. The highest BCUT2D eigenvalue weighted by Gasteiger charge is 2.30. The van der Waals surface area contributed by atoms with Crippen molar-refractivity contribution < 1.29 is 4.79 Å². The van der Waals surface area contributed by atoms with Crippen molar-refractivity contribution in [2.24, 2.45) is 0 Å². The number of carbonyl (C=O) groups is 1. The molecule has 1 N–H and O–H groups in total. The second kappa shape index (κ2) is 6.56. The van der Waals surface area contributed by atoms with E-state index in [2.05, 4.69) is 65.7 Å². The van der Waals surface area contributed by atoms with Crippen LogP contribution < -0.4 is 5.32 Å². The summed E-state index contributed by atoms with van der Waals surface area (Å²) in [5.41, 5.74) is 7.91. The standard InChI is InChI=1S/C24H26N2O/c1-2-21-22-8-7-19(15-23(22)25-24(21)27)16-9-11-26(12-10-16)20-13-17-5-3-4-6-18(17)14-20/h3-8,13,15-16,21H,2,9-12,14H2,1H3,(H,25,27). The Labute approximate surface area is 161 Å². The monoisotopic (exact) mass is 358 g/mol. The molecule has 2 aromatic carbocycles. The lowest BCUT2D eigenvalue weighted by Gasteiger charge is -2.34. The van der Waals surface area contributed by atoms with Crippen LogP contribution in [-0.2, 0) is 11.2 Å². The summed E-state index contributed by atoms with van der Waals surface area (Å²) in [6.45, 7) is 4.32. The fourth-order valence-electron chi connectivity index (χ4n) is 4.97. The Morgan fingerprint density at radius 3 is 2.70 bits per heavy atom. The van der Waals surface area contributed by atoms with Gasteiger partial charge in [-0.1, -0.05) is 43.3 Å². The van der Waals surface area contributed by atoms with Crippen molar-refractivity contribution in [2.75, 3.05) is 18.4 Å². The van der Waals surface area contributed by atoms with E-state index >= 15 is 0 Å². The van der Waals surface area contributed by atoms with Gasteiger partial charge in [0.05, 0.1) is 5.92 Å². The minimum absolute atomic E-state index is 0.0341. The van der Waals surface area contributed by atoms with Gasteiger partial charge in [-0.2, -0.15) is 0 Å². The molecular formula is C24H26N2O. The van der Waals surface area contributed by atoms with Crippen LogP contribution in [0.25, 0.3) is 6.08 Å². The number of hydrogen-bond donors (Lipinski definition) is 1. The average molecular weight is 358 g/mol. The number of nitrogens with zero attached hydrogens (tertiary/aromatic N) is 1. The first-order valence-corrected chi connectivity index (χ1v) is 10.2. The molecule has 0 saturated carbocycles. The molecule has 3 nitrogen and oxygen atoms in total. The lowest BCUT2D eigenvalue weighted by Crippen LogP contribution is -2.32. The van der Waals surface area contributed by atoms with E-state index in [1.54, 1.807) is 0 Å². The van der Waals surface area contributed by atoms with E-state index in [1.165, 1.54) is 40.8 Å². The molecule has 1 unspecified atom stereocenters. The molecule has 27 heavy (non-hydrogen) atoms. The molecule has 2 aliphatic heterocycles. The number of benzene rings is 2. The lowest BCUT2D eigenvalue weighted by molar-refractivity contribution is -0.117. The number of carbonyl (C=O) groups excluding carboxylic acids is 1. The number of fused-ring (bicyclic) bond motifs is 2. The molecule has 3 aliphatic rings. The van der Waals surface area contributed by atoms with Gasteiger partial charge in [0.1, 0.15) is 0 Å². The SMILES string of the molecule is CCC1C(=O)Nc2cc(C3CCN(C4=Cc5ccccc5C4)CC3)ccc21. The predicted octanol–water partition coefficient (Wildman–Crippen LogP) is 4.91. The Bertz CT molecular complexity index is 922. The zero-order valence-electron chi connectivity index (χ0n) is 15.9. The van der Waals surface area contributed by atoms with Crippen molar-refractivity contribution in [3.05, 3.63) is 70.4 Å². The number of allylic oxidation sites excluding steroid dienone is 1. The van der Waals surface area contributed by atoms with Gasteiger partial charge in [0.15, 0.2) is 0 Å². The van der Waals surface area contributed by atoms with E-state index in [-0.39, 0.29) is 11.8 Å². The molecule has 2 aromatic rings. The van der Waals surface area contributed by atoms with E-state index in [1.807, 2.05) is 0 Å². The van der Waals surface area contributed by atoms with E-state index in [0.717, 1.165) is 31.6 Å². The van der Waals surface area contributed by atoms with Crippen LogP contribution in [0, 0.1) is 0 Å². The number of hydrogen-bond acceptors (Lipinski definition) is 2. The fourth-order valence-corrected chi connectivity index (χ4v) is 4.97. The number of rotatable bonds is 3. The van der Waals surface area contributed by atoms with Crippen molar-refractivity contribution in [2.45, 2.75) is 44.4 Å². The Morgan fingerprint density at radius 1 is 1.11 bits per heavy atom. The number of amides is 1. The second-order valence-corrected chi connectivity index (χ2v) is 8.07. The van der Waals surface area contributed by atoms with Gasteiger partial charge < -0.3 is 10.2 Å². The maximum absolute atomic E-state index is 12.1. The number of nitrogens with one attached hydrogen (secondary N) is 1. The molecule has 1 fully saturated rings. The first kappa shape index (κ1) is 16.6. The predicted molar refractivity (Wildman–Crippen MR) is 110 cm³/mol. The summed E-state index contributed by atoms with van der Waals surface area (Å²) in [7, 11) is 0. The summed E-state index contributed by atoms with van der Waals surface area (Å²) in [4.78, 5) is 14.7. The number of piperidine rings is 1. The minimum atomic E-state index is 0.0341. The highest BCUT2D eigenvalue weighted by molar-refractivity contribution is 6.02. The molecule has 1 amide bonds. The highest BCUT2D eigenvalue weighted by Crippen LogP contribution is 2.39. The normalized spacial score (nSPS) is 21.7. The third kappa shape index (κ3) is 2.86. The summed E-state index contributed by atoms with van der Waals surface area (Å²) >= 11 is 0. The van der Waals surface area contributed by atoms with Crippen LogP contribution in [0.4, 0.5) is 5.69 Å². The number of anilines is 1. The third-order valence-corrected chi connectivity index (χ3v) is 6.56. The van der Waals surface area contributed by atoms with Crippen molar-refractivity contribution >= 4 is 17.7 Å². The van der Waals surface area contributed by atoms with E-state index in [0.29, 0.717) is 5.92 Å². The molecule has 3 heteroatoms. The number of likely N-dealkylation sites (tertiary alicyclic amines) is 1. The summed E-state index contributed by atoms with van der Waals surface area (Å²) in [5, 5.41) is 3.08. The van der Waals surface area contributed by atoms with E-state index in [4.69, 9.17) is 0 Å². The summed E-state index contributed by atoms with van der Waals surface area (Å²) in [6, 6.07) is 15.4. The second-order valence-electron chi connectivity index (χ2n) is 8.07. The Morgan fingerprint density at radius 2 is 1.93 bits per heavy atom. The zero-order valence-corrected chi connectivity index (χ0v) is 15.9. The van der Waals surface area contributed by atoms with Gasteiger partial charge >= 0.3 is 0 Å². The van der Waals surface area contributed by atoms with Crippen molar-refractivity contribution in [1.82, 2.24) is 4.90 Å². The maximum Gasteiger partial charge on any atom is 0.231 e. The molecule has 5 rings (SSSR count). The molecule has 2 heterocycles. The quantitative estimate of drug-likeness (QED) is 0.845. The van der Waals surface area contributed by atoms with Crippen LogP contribution >= 0.6 is 0 Å². The van der Waals surface area contributed by atoms with Crippen LogP contribution in [0.1, 0.15) is 60.3 Å². The summed E-state index contributed by atoms with van der Waals surface area (Å²) in [5.74, 6) is 0.785. The van der Waals surface area contributed by atoms with Crippen LogP contribution in [0.5, 0.6) is 0 Å². The summed E-state index contributed by atoms with van der Waals surface area (Å²) < 4.78 is 0. The van der Waals surface area contributed by atoms with Crippen LogP contribution in [0.15, 0.2) is 48.2 Å². The van der Waals surface area contributed by atoms with Crippen molar-refractivity contribution in [3.8, 4) is 0 Å². The first-order valence-electron chi connectivity index (χ1n) is 10.2. The molecule has 0 radical (unpaired) electrons. The van der Waals surface area contributed by atoms with Gasteiger partial charge in [-0.25, -0.2) is 0 Å². The topological polar surface area (TPSA) is 32.3 Å². The van der Waals surface area contributed by atoms with E-state index < -0.39 is 0 Å². The molecule has 0 bridgehead atoms. The van der Waals surface area contributed by atoms with E-state index in [9.17, 15) is 4.79 Å². The highest BCUT2D eigenvalue weighted by atomic mass is 16.2. The molecule has 0 aromatic heterocycles. The maximum atomic E-state index is 12.1. The lowest BCUT2D eigenvalue weighted by atomic mass is 9.87. The Hall–Kier alpha value is -2.55. The first-order chi connectivity index (χ1) is 13.2. The van der Waals surface area contributed by atoms with Gasteiger partial charge in [-0.15, -0.1) is 0 Å². The third-order valence-electron chi connectivity index (χ3n) is 6.56. The molecule has 0 spiro atoms. The summed E-state index contributed by atoms with van der Waals surface area (Å²) in [6.07, 6.45) is 6.67. The smallest absolute Gasteiger partial charge is 0.231 e. The molecule has 1 saturated heterocycles. The van der Waals surface area contributed by atoms with Gasteiger partial charge in [0.25, 0.3) is 0 Å². The molecular weight excluding hydrogens is 332 g/mol.